The van der Waals surface area contributed by atoms with Crippen molar-refractivity contribution in [1.29, 1.82) is 0 Å². The van der Waals surface area contributed by atoms with Crippen LogP contribution in [0.3, 0.4) is 0 Å². The number of piperidine rings is 1. The molecule has 3 heterocycles. The summed E-state index contributed by atoms with van der Waals surface area (Å²) in [5, 5.41) is 10.3. The molecule has 9 heteroatoms. The number of carbonyl (C=O) groups excluding carboxylic acids is 3. The molecule has 1 unspecified atom stereocenters. The summed E-state index contributed by atoms with van der Waals surface area (Å²) in [5.74, 6) is -0.409. The SMILES string of the molecule is Cn1nc(C2CCC(=O)NC2=O)c2ccc(OCC(=O)Nc3ccccn3)cc21. The summed E-state index contributed by atoms with van der Waals surface area (Å²) in [4.78, 5) is 39.6. The number of benzene rings is 1. The maximum Gasteiger partial charge on any atom is 0.263 e. The number of carbonyl (C=O) groups is 3. The van der Waals surface area contributed by atoms with Gasteiger partial charge in [0.1, 0.15) is 11.6 Å². The lowest BCUT2D eigenvalue weighted by Gasteiger charge is -2.19. The Morgan fingerprint density at radius 1 is 1.31 bits per heavy atom. The Bertz CT molecular complexity index is 1090. The van der Waals surface area contributed by atoms with E-state index in [-0.39, 0.29) is 24.3 Å². The predicted octanol–water partition coefficient (Wildman–Crippen LogP) is 1.51. The number of anilines is 1. The van der Waals surface area contributed by atoms with Gasteiger partial charge in [-0.25, -0.2) is 4.98 Å². The quantitative estimate of drug-likeness (QED) is 0.635. The van der Waals surface area contributed by atoms with Crippen LogP contribution in [0.2, 0.25) is 0 Å². The number of nitrogens with zero attached hydrogens (tertiary/aromatic N) is 3. The van der Waals surface area contributed by atoms with Crippen LogP contribution >= 0.6 is 0 Å². The zero-order valence-corrected chi connectivity index (χ0v) is 15.7. The minimum atomic E-state index is -0.465. The number of fused-ring (bicyclic) bond motifs is 1. The molecule has 1 saturated heterocycles. The van der Waals surface area contributed by atoms with Gasteiger partial charge in [-0.05, 0) is 30.7 Å². The Morgan fingerprint density at radius 3 is 2.93 bits per heavy atom. The summed E-state index contributed by atoms with van der Waals surface area (Å²) in [5.41, 5.74) is 1.40. The molecule has 1 aromatic carbocycles. The molecule has 0 spiro atoms. The van der Waals surface area contributed by atoms with Crippen LogP contribution in [0, 0.1) is 0 Å². The lowest BCUT2D eigenvalue weighted by atomic mass is 9.93. The van der Waals surface area contributed by atoms with Crippen molar-refractivity contribution in [1.82, 2.24) is 20.1 Å². The number of hydrogen-bond donors (Lipinski definition) is 2. The molecular formula is C20H19N5O4. The lowest BCUT2D eigenvalue weighted by Crippen LogP contribution is -2.39. The van der Waals surface area contributed by atoms with Gasteiger partial charge in [0.05, 0.1) is 17.1 Å². The van der Waals surface area contributed by atoms with Crippen LogP contribution in [0.15, 0.2) is 42.6 Å². The third-order valence-corrected chi connectivity index (χ3v) is 4.72. The number of nitrogens with one attached hydrogen (secondary N) is 2. The molecule has 148 valence electrons. The van der Waals surface area contributed by atoms with Crippen LogP contribution in [-0.2, 0) is 21.4 Å². The summed E-state index contributed by atoms with van der Waals surface area (Å²) < 4.78 is 7.25. The highest BCUT2D eigenvalue weighted by Gasteiger charge is 2.31. The van der Waals surface area contributed by atoms with Gasteiger partial charge in [0.15, 0.2) is 6.61 Å². The van der Waals surface area contributed by atoms with Crippen molar-refractivity contribution in [3.8, 4) is 5.75 Å². The predicted molar refractivity (Wildman–Crippen MR) is 104 cm³/mol. The van der Waals surface area contributed by atoms with Crippen molar-refractivity contribution in [2.24, 2.45) is 7.05 Å². The molecule has 2 N–H and O–H groups in total. The van der Waals surface area contributed by atoms with E-state index < -0.39 is 5.92 Å². The van der Waals surface area contributed by atoms with Gasteiger partial charge in [0.25, 0.3) is 5.91 Å². The largest absolute Gasteiger partial charge is 0.484 e. The van der Waals surface area contributed by atoms with Crippen LogP contribution in [-0.4, -0.2) is 39.1 Å². The van der Waals surface area contributed by atoms with Gasteiger partial charge in [-0.2, -0.15) is 5.10 Å². The highest BCUT2D eigenvalue weighted by Crippen LogP contribution is 2.31. The van der Waals surface area contributed by atoms with E-state index in [1.54, 1.807) is 48.3 Å². The number of pyridine rings is 1. The number of aryl methyl sites for hydroxylation is 1. The van der Waals surface area contributed by atoms with Gasteiger partial charge in [-0.15, -0.1) is 0 Å². The first-order chi connectivity index (χ1) is 14.0. The van der Waals surface area contributed by atoms with Crippen molar-refractivity contribution in [2.75, 3.05) is 11.9 Å². The second-order valence-corrected chi connectivity index (χ2v) is 6.74. The van der Waals surface area contributed by atoms with Gasteiger partial charge >= 0.3 is 0 Å². The molecule has 3 aromatic rings. The van der Waals surface area contributed by atoms with Crippen LogP contribution in [0.1, 0.15) is 24.5 Å². The number of aromatic nitrogens is 3. The molecule has 0 aliphatic carbocycles. The summed E-state index contributed by atoms with van der Waals surface area (Å²) in [6, 6.07) is 10.5. The maximum atomic E-state index is 12.2. The average molecular weight is 393 g/mol. The minimum Gasteiger partial charge on any atom is -0.484 e. The smallest absolute Gasteiger partial charge is 0.263 e. The van der Waals surface area contributed by atoms with E-state index in [9.17, 15) is 14.4 Å². The Morgan fingerprint density at radius 2 is 2.17 bits per heavy atom. The Hall–Kier alpha value is -3.75. The van der Waals surface area contributed by atoms with Crippen LogP contribution < -0.4 is 15.4 Å². The van der Waals surface area contributed by atoms with Crippen LogP contribution in [0.5, 0.6) is 5.75 Å². The first-order valence-electron chi connectivity index (χ1n) is 9.15. The molecular weight excluding hydrogens is 374 g/mol. The molecule has 1 fully saturated rings. The first kappa shape index (κ1) is 18.6. The highest BCUT2D eigenvalue weighted by molar-refractivity contribution is 6.02. The third-order valence-electron chi connectivity index (χ3n) is 4.72. The van der Waals surface area contributed by atoms with Crippen LogP contribution in [0.4, 0.5) is 5.82 Å². The molecule has 1 atom stereocenters. The zero-order valence-electron chi connectivity index (χ0n) is 15.7. The van der Waals surface area contributed by atoms with E-state index in [4.69, 9.17) is 4.74 Å². The highest BCUT2D eigenvalue weighted by atomic mass is 16.5. The number of amides is 3. The maximum absolute atomic E-state index is 12.2. The van der Waals surface area contributed by atoms with Crippen molar-refractivity contribution < 1.29 is 19.1 Å². The van der Waals surface area contributed by atoms with E-state index in [2.05, 4.69) is 20.7 Å². The van der Waals surface area contributed by atoms with Crippen LogP contribution in [0.25, 0.3) is 10.9 Å². The molecule has 1 aliphatic rings. The number of imide groups is 1. The fourth-order valence-electron chi connectivity index (χ4n) is 3.33. The van der Waals surface area contributed by atoms with Crippen molar-refractivity contribution in [3.63, 3.8) is 0 Å². The van der Waals surface area contributed by atoms with Crippen molar-refractivity contribution in [2.45, 2.75) is 18.8 Å². The molecule has 1 aliphatic heterocycles. The zero-order chi connectivity index (χ0) is 20.4. The second kappa shape index (κ2) is 7.70. The van der Waals surface area contributed by atoms with E-state index in [0.717, 1.165) is 10.9 Å². The standard InChI is InChI=1S/C20H19N5O4/c1-25-15-10-12(29-11-18(27)22-16-4-2-3-9-21-16)5-6-13(15)19(24-25)14-7-8-17(26)23-20(14)28/h2-6,9-10,14H,7-8,11H2,1H3,(H,21,22,27)(H,23,26,28). The molecule has 3 amide bonds. The second-order valence-electron chi connectivity index (χ2n) is 6.74. The van der Waals surface area contributed by atoms with Gasteiger partial charge < -0.3 is 10.1 Å². The number of ether oxygens (including phenoxy) is 1. The van der Waals surface area contributed by atoms with E-state index >= 15 is 0 Å². The fourth-order valence-corrected chi connectivity index (χ4v) is 3.33. The lowest BCUT2D eigenvalue weighted by molar-refractivity contribution is -0.134. The number of rotatable bonds is 5. The van der Waals surface area contributed by atoms with Crippen molar-refractivity contribution >= 4 is 34.4 Å². The minimum absolute atomic E-state index is 0.167. The molecule has 4 rings (SSSR count). The molecule has 29 heavy (non-hydrogen) atoms. The Balaban J connectivity index is 1.48. The van der Waals surface area contributed by atoms with E-state index in [1.807, 2.05) is 6.07 Å². The van der Waals surface area contributed by atoms with Gasteiger partial charge in [-0.1, -0.05) is 6.07 Å². The summed E-state index contributed by atoms with van der Waals surface area (Å²) in [6.07, 6.45) is 2.32. The average Bonchev–Trinajstić information content (AvgIpc) is 3.03. The third kappa shape index (κ3) is 3.93. The molecule has 0 radical (unpaired) electrons. The molecule has 0 saturated carbocycles. The molecule has 0 bridgehead atoms. The summed E-state index contributed by atoms with van der Waals surface area (Å²) >= 11 is 0. The van der Waals surface area contributed by atoms with Gasteiger partial charge in [-0.3, -0.25) is 24.4 Å². The monoisotopic (exact) mass is 393 g/mol. The van der Waals surface area contributed by atoms with E-state index in [0.29, 0.717) is 30.1 Å². The van der Waals surface area contributed by atoms with Crippen molar-refractivity contribution in [3.05, 3.63) is 48.3 Å². The fraction of sp³-hybridized carbons (Fsp3) is 0.250. The Kier molecular flexibility index (Phi) is 4.94. The number of hydrogen-bond acceptors (Lipinski definition) is 6. The first-order valence-corrected chi connectivity index (χ1v) is 9.15. The molecule has 2 aromatic heterocycles. The van der Waals surface area contributed by atoms with Gasteiger partial charge in [0.2, 0.25) is 11.8 Å². The summed E-state index contributed by atoms with van der Waals surface area (Å²) in [7, 11) is 1.77. The topological polar surface area (TPSA) is 115 Å². The normalized spacial score (nSPS) is 16.5. The van der Waals surface area contributed by atoms with E-state index in [1.165, 1.54) is 0 Å². The summed E-state index contributed by atoms with van der Waals surface area (Å²) in [6.45, 7) is -0.167. The Labute approximate surface area is 166 Å². The van der Waals surface area contributed by atoms with Gasteiger partial charge in [0, 0.05) is 31.1 Å². The molecule has 9 nitrogen and oxygen atoms in total.